The second-order valence-electron chi connectivity index (χ2n) is 1.31. The molecule has 0 aromatic rings. The van der Waals surface area contributed by atoms with Gasteiger partial charge in [-0.1, -0.05) is 12.5 Å². The summed E-state index contributed by atoms with van der Waals surface area (Å²) in [5.41, 5.74) is 1.25. The van der Waals surface area contributed by atoms with Crippen LogP contribution in [0, 0.1) is 0 Å². The first-order valence-electron chi connectivity index (χ1n) is 1.91. The topological polar surface area (TPSA) is 0 Å². The van der Waals surface area contributed by atoms with Crippen molar-refractivity contribution in [3.8, 4) is 0 Å². The summed E-state index contributed by atoms with van der Waals surface area (Å²) in [5, 5.41) is 0. The van der Waals surface area contributed by atoms with Crippen LogP contribution < -0.4 is 0 Å². The maximum absolute atomic E-state index is 3.67. The van der Waals surface area contributed by atoms with Crippen molar-refractivity contribution in [2.24, 2.45) is 0 Å². The van der Waals surface area contributed by atoms with E-state index in [2.05, 4.69) is 13.5 Å². The van der Waals surface area contributed by atoms with Crippen molar-refractivity contribution in [1.29, 1.82) is 0 Å². The molecule has 0 spiro atoms. The first kappa shape index (κ1) is 9.43. The molecule has 0 aliphatic rings. The molecule has 0 saturated heterocycles. The largest absolute Gasteiger partial charge is 0.197 e. The second kappa shape index (κ2) is 5.09. The van der Waals surface area contributed by atoms with Crippen molar-refractivity contribution < 1.29 is 0 Å². The molecule has 0 amide bonds. The molecule has 0 unspecified atom stereocenters. The number of rotatable bonds is 1. The van der Waals surface area contributed by atoms with E-state index in [1.165, 1.54) is 5.57 Å². The number of hydrogen-bond donors (Lipinski definition) is 0. The van der Waals surface area contributed by atoms with Crippen LogP contribution in [0.1, 0.15) is 20.3 Å². The van der Waals surface area contributed by atoms with E-state index in [0.717, 1.165) is 6.42 Å². The highest BCUT2D eigenvalue weighted by molar-refractivity contribution is 7.59. The Kier molecular flexibility index (Phi) is 8.00. The van der Waals surface area contributed by atoms with Crippen LogP contribution in [0.4, 0.5) is 0 Å². The predicted octanol–water partition coefficient (Wildman–Crippen LogP) is 2.09. The summed E-state index contributed by atoms with van der Waals surface area (Å²) < 4.78 is 0. The molecule has 0 radical (unpaired) electrons. The molecular formula is C5H12S. The predicted molar refractivity (Wildman–Crippen MR) is 35.5 cm³/mol. The van der Waals surface area contributed by atoms with Gasteiger partial charge in [-0.05, 0) is 13.3 Å². The van der Waals surface area contributed by atoms with E-state index in [9.17, 15) is 0 Å². The Morgan fingerprint density at radius 2 is 1.83 bits per heavy atom. The molecule has 0 aliphatic heterocycles. The van der Waals surface area contributed by atoms with Gasteiger partial charge >= 0.3 is 0 Å². The summed E-state index contributed by atoms with van der Waals surface area (Å²) in [4.78, 5) is 0. The molecule has 0 aromatic heterocycles. The van der Waals surface area contributed by atoms with E-state index in [1.807, 2.05) is 6.92 Å². The van der Waals surface area contributed by atoms with Crippen LogP contribution in [0.15, 0.2) is 12.2 Å². The molecule has 0 nitrogen and oxygen atoms in total. The third kappa shape index (κ3) is 8.94. The summed E-state index contributed by atoms with van der Waals surface area (Å²) in [6, 6.07) is 0. The van der Waals surface area contributed by atoms with Gasteiger partial charge in [0.05, 0.1) is 0 Å². The van der Waals surface area contributed by atoms with Gasteiger partial charge in [-0.2, -0.15) is 13.5 Å². The molecule has 0 aromatic carbocycles. The molecule has 1 heteroatoms. The fourth-order valence-corrected chi connectivity index (χ4v) is 0. The molecule has 0 atom stereocenters. The van der Waals surface area contributed by atoms with Gasteiger partial charge in [0.15, 0.2) is 0 Å². The minimum Gasteiger partial charge on any atom is -0.197 e. The van der Waals surface area contributed by atoms with Crippen LogP contribution in [0.5, 0.6) is 0 Å². The molecule has 0 rings (SSSR count). The van der Waals surface area contributed by atoms with Crippen LogP contribution in [0.2, 0.25) is 0 Å². The summed E-state index contributed by atoms with van der Waals surface area (Å²) in [6.45, 7) is 7.80. The first-order chi connectivity index (χ1) is 2.27. The monoisotopic (exact) mass is 104 g/mol. The zero-order valence-electron chi connectivity index (χ0n) is 4.41. The molecule has 6 heavy (non-hydrogen) atoms. The highest BCUT2D eigenvalue weighted by Gasteiger charge is 1.67. The third-order valence-corrected chi connectivity index (χ3v) is 0.604. The van der Waals surface area contributed by atoms with E-state index < -0.39 is 0 Å². The summed E-state index contributed by atoms with van der Waals surface area (Å²) in [6.07, 6.45) is 1.11. The van der Waals surface area contributed by atoms with Gasteiger partial charge in [-0.3, -0.25) is 0 Å². The Bertz CT molecular complexity index is 39.2. The Labute approximate surface area is 46.7 Å². The van der Waals surface area contributed by atoms with Gasteiger partial charge in [0.25, 0.3) is 0 Å². The maximum Gasteiger partial charge on any atom is -0.0354 e. The van der Waals surface area contributed by atoms with Crippen molar-refractivity contribution in [1.82, 2.24) is 0 Å². The van der Waals surface area contributed by atoms with Crippen LogP contribution in [0.25, 0.3) is 0 Å². The molecule has 0 aliphatic carbocycles. The van der Waals surface area contributed by atoms with E-state index in [0.29, 0.717) is 0 Å². The molecule has 0 fully saturated rings. The van der Waals surface area contributed by atoms with Gasteiger partial charge in [0.2, 0.25) is 0 Å². The fourth-order valence-electron chi connectivity index (χ4n) is 0. The normalized spacial score (nSPS) is 6.33. The maximum atomic E-state index is 3.67. The zero-order chi connectivity index (χ0) is 4.28. The second-order valence-corrected chi connectivity index (χ2v) is 1.31. The Hall–Kier alpha value is 0.0900. The summed E-state index contributed by atoms with van der Waals surface area (Å²) in [7, 11) is 0. The Morgan fingerprint density at radius 1 is 1.67 bits per heavy atom. The lowest BCUT2D eigenvalue weighted by Gasteiger charge is -1.79. The van der Waals surface area contributed by atoms with Crippen LogP contribution in [-0.2, 0) is 0 Å². The van der Waals surface area contributed by atoms with Crippen molar-refractivity contribution >= 4 is 13.5 Å². The van der Waals surface area contributed by atoms with Gasteiger partial charge in [-0.15, -0.1) is 6.58 Å². The van der Waals surface area contributed by atoms with Crippen LogP contribution in [0.3, 0.4) is 0 Å². The minimum absolute atomic E-state index is 0. The van der Waals surface area contributed by atoms with Gasteiger partial charge in [0, 0.05) is 0 Å². The number of allylic oxidation sites excluding steroid dienone is 1. The van der Waals surface area contributed by atoms with Gasteiger partial charge in [0.1, 0.15) is 0 Å². The average molecular weight is 104 g/mol. The fraction of sp³-hybridized carbons (Fsp3) is 0.600. The zero-order valence-corrected chi connectivity index (χ0v) is 5.41. The smallest absolute Gasteiger partial charge is 0.0354 e. The first-order valence-corrected chi connectivity index (χ1v) is 1.91. The SMILES string of the molecule is C=C(C)CC.S. The molecule has 0 N–H and O–H groups in total. The molecule has 0 heterocycles. The number of hydrogen-bond acceptors (Lipinski definition) is 0. The van der Waals surface area contributed by atoms with Gasteiger partial charge < -0.3 is 0 Å². The van der Waals surface area contributed by atoms with Crippen molar-refractivity contribution in [3.05, 3.63) is 12.2 Å². The standard InChI is InChI=1S/C5H10.H2S/c1-4-5(2)3;/h2,4H2,1,3H3;1H2. The van der Waals surface area contributed by atoms with E-state index in [4.69, 9.17) is 0 Å². The van der Waals surface area contributed by atoms with E-state index >= 15 is 0 Å². The highest BCUT2D eigenvalue weighted by Crippen LogP contribution is 1.88. The van der Waals surface area contributed by atoms with E-state index in [-0.39, 0.29) is 13.5 Å². The van der Waals surface area contributed by atoms with Gasteiger partial charge in [-0.25, -0.2) is 0 Å². The third-order valence-electron chi connectivity index (χ3n) is 0.604. The Morgan fingerprint density at radius 3 is 1.83 bits per heavy atom. The highest BCUT2D eigenvalue weighted by atomic mass is 32.1. The Balaban J connectivity index is 0. The van der Waals surface area contributed by atoms with E-state index in [1.54, 1.807) is 0 Å². The lowest BCUT2D eigenvalue weighted by Crippen LogP contribution is -1.58. The van der Waals surface area contributed by atoms with Crippen molar-refractivity contribution in [3.63, 3.8) is 0 Å². The van der Waals surface area contributed by atoms with Crippen LogP contribution in [-0.4, -0.2) is 0 Å². The van der Waals surface area contributed by atoms with Crippen molar-refractivity contribution in [2.45, 2.75) is 20.3 Å². The molecule has 38 valence electrons. The molecule has 0 saturated carbocycles. The average Bonchev–Trinajstić information content (AvgIpc) is 1.38. The summed E-state index contributed by atoms with van der Waals surface area (Å²) >= 11 is 0. The lowest BCUT2D eigenvalue weighted by atomic mass is 10.3. The minimum atomic E-state index is 0. The van der Waals surface area contributed by atoms with Crippen LogP contribution >= 0.6 is 13.5 Å². The molecule has 0 bridgehead atoms. The van der Waals surface area contributed by atoms with Crippen molar-refractivity contribution in [2.75, 3.05) is 0 Å². The summed E-state index contributed by atoms with van der Waals surface area (Å²) in [5.74, 6) is 0. The molecular weight excluding hydrogens is 92.1 g/mol. The quantitative estimate of drug-likeness (QED) is 0.447. The lowest BCUT2D eigenvalue weighted by molar-refractivity contribution is 1.11.